The first kappa shape index (κ1) is 6.34. The van der Waals surface area contributed by atoms with E-state index in [4.69, 9.17) is 4.74 Å². The van der Waals surface area contributed by atoms with Crippen molar-refractivity contribution < 1.29 is 9.53 Å². The first-order chi connectivity index (χ1) is 5.27. The van der Waals surface area contributed by atoms with Gasteiger partial charge in [0.15, 0.2) is 12.3 Å². The summed E-state index contributed by atoms with van der Waals surface area (Å²) in [6, 6.07) is 3.61. The molecule has 0 fully saturated rings. The van der Waals surface area contributed by atoms with E-state index in [0.29, 0.717) is 11.4 Å². The molecule has 0 spiro atoms. The highest BCUT2D eigenvalue weighted by Gasteiger charge is 2.21. The minimum Gasteiger partial charge on any atom is -0.483 e. The summed E-state index contributed by atoms with van der Waals surface area (Å²) in [6.07, 6.45) is 0. The molecule has 56 valence electrons. The molecule has 1 aromatic rings. The van der Waals surface area contributed by atoms with Gasteiger partial charge in [-0.1, -0.05) is 0 Å². The van der Waals surface area contributed by atoms with Gasteiger partial charge >= 0.3 is 0 Å². The highest BCUT2D eigenvalue weighted by atomic mass is 16.5. The van der Waals surface area contributed by atoms with Crippen molar-refractivity contribution in [2.24, 2.45) is 0 Å². The molecule has 0 atom stereocenters. The van der Waals surface area contributed by atoms with Gasteiger partial charge in [-0.05, 0) is 19.1 Å². The Bertz CT molecular complexity index is 320. The average Bonchev–Trinajstić information content (AvgIpc) is 2.33. The molecule has 1 aliphatic rings. The molecule has 3 nitrogen and oxygen atoms in total. The van der Waals surface area contributed by atoms with Crippen LogP contribution in [0.3, 0.4) is 0 Å². The van der Waals surface area contributed by atoms with Crippen LogP contribution in [0.25, 0.3) is 0 Å². The molecular formula is C8H7NO2. The van der Waals surface area contributed by atoms with Gasteiger partial charge in [-0.3, -0.25) is 4.79 Å². The molecule has 11 heavy (non-hydrogen) atoms. The second-order valence-corrected chi connectivity index (χ2v) is 2.51. The van der Waals surface area contributed by atoms with Crippen molar-refractivity contribution in [1.82, 2.24) is 4.98 Å². The summed E-state index contributed by atoms with van der Waals surface area (Å²) in [7, 11) is 0. The highest BCUT2D eigenvalue weighted by Crippen LogP contribution is 2.22. The number of ether oxygens (including phenoxy) is 1. The third-order valence-electron chi connectivity index (χ3n) is 1.62. The van der Waals surface area contributed by atoms with Crippen molar-refractivity contribution in [1.29, 1.82) is 0 Å². The van der Waals surface area contributed by atoms with Gasteiger partial charge in [0.2, 0.25) is 5.78 Å². The summed E-state index contributed by atoms with van der Waals surface area (Å²) in [6.45, 7) is 2.00. The van der Waals surface area contributed by atoms with Crippen molar-refractivity contribution in [2.75, 3.05) is 6.61 Å². The minimum atomic E-state index is -0.0244. The number of Topliss-reactive ketones (excluding diaryl/α,β-unsaturated/α-hetero) is 1. The lowest BCUT2D eigenvalue weighted by molar-refractivity contribution is 0.0958. The van der Waals surface area contributed by atoms with Crippen LogP contribution in [0.5, 0.6) is 5.75 Å². The first-order valence-electron chi connectivity index (χ1n) is 3.41. The minimum absolute atomic E-state index is 0.0244. The monoisotopic (exact) mass is 149 g/mol. The normalized spacial score (nSPS) is 14.5. The second kappa shape index (κ2) is 2.05. The van der Waals surface area contributed by atoms with Gasteiger partial charge in [0.1, 0.15) is 5.75 Å². The van der Waals surface area contributed by atoms with Gasteiger partial charge in [0, 0.05) is 5.69 Å². The van der Waals surface area contributed by atoms with E-state index < -0.39 is 0 Å². The Morgan fingerprint density at radius 3 is 3.18 bits per heavy atom. The van der Waals surface area contributed by atoms with E-state index >= 15 is 0 Å². The Labute approximate surface area is 64.0 Å². The van der Waals surface area contributed by atoms with Crippen molar-refractivity contribution >= 4 is 5.78 Å². The zero-order valence-electron chi connectivity index (χ0n) is 6.13. The van der Waals surface area contributed by atoms with Crippen molar-refractivity contribution in [3.63, 3.8) is 0 Å². The molecular weight excluding hydrogens is 142 g/mol. The van der Waals surface area contributed by atoms with Crippen LogP contribution in [0.4, 0.5) is 0 Å². The van der Waals surface area contributed by atoms with Crippen LogP contribution in [-0.4, -0.2) is 17.4 Å². The van der Waals surface area contributed by atoms with Crippen molar-refractivity contribution in [3.8, 4) is 5.75 Å². The van der Waals surface area contributed by atoms with E-state index in [1.54, 1.807) is 6.07 Å². The fourth-order valence-electron chi connectivity index (χ4n) is 1.07. The molecule has 3 heteroatoms. The molecule has 2 rings (SSSR count). The van der Waals surface area contributed by atoms with E-state index in [-0.39, 0.29) is 12.4 Å². The molecule has 0 aliphatic carbocycles. The predicted molar refractivity (Wildman–Crippen MR) is 38.8 cm³/mol. The van der Waals surface area contributed by atoms with Crippen molar-refractivity contribution in [2.45, 2.75) is 6.92 Å². The summed E-state index contributed by atoms with van der Waals surface area (Å²) in [4.78, 5) is 15.1. The standard InChI is InChI=1S/C8H7NO2/c1-5-2-3-7-8(9-5)6(10)4-11-7/h2-3H,4H2,1H3. The van der Waals surface area contributed by atoms with E-state index in [0.717, 1.165) is 5.69 Å². The summed E-state index contributed by atoms with van der Waals surface area (Å²) < 4.78 is 5.05. The lowest BCUT2D eigenvalue weighted by Gasteiger charge is -1.95. The molecule has 0 radical (unpaired) electrons. The number of rotatable bonds is 0. The van der Waals surface area contributed by atoms with E-state index in [1.165, 1.54) is 0 Å². The van der Waals surface area contributed by atoms with Gasteiger partial charge < -0.3 is 4.74 Å². The van der Waals surface area contributed by atoms with Gasteiger partial charge in [-0.2, -0.15) is 0 Å². The van der Waals surface area contributed by atoms with Crippen LogP contribution in [0.1, 0.15) is 16.2 Å². The largest absolute Gasteiger partial charge is 0.483 e. The zero-order chi connectivity index (χ0) is 7.84. The first-order valence-corrected chi connectivity index (χ1v) is 3.41. The Hall–Kier alpha value is -1.38. The van der Waals surface area contributed by atoms with Crippen LogP contribution in [0, 0.1) is 6.92 Å². The fraction of sp³-hybridized carbons (Fsp3) is 0.250. The molecule has 0 unspecified atom stereocenters. The zero-order valence-corrected chi connectivity index (χ0v) is 6.13. The van der Waals surface area contributed by atoms with Crippen LogP contribution in [0.15, 0.2) is 12.1 Å². The van der Waals surface area contributed by atoms with E-state index in [1.807, 2.05) is 13.0 Å². The molecule has 0 amide bonds. The van der Waals surface area contributed by atoms with Gasteiger partial charge in [0.05, 0.1) is 0 Å². The molecule has 1 aliphatic heterocycles. The number of hydrogen-bond donors (Lipinski definition) is 0. The third-order valence-corrected chi connectivity index (χ3v) is 1.62. The quantitative estimate of drug-likeness (QED) is 0.551. The maximum absolute atomic E-state index is 11.0. The van der Waals surface area contributed by atoms with E-state index in [2.05, 4.69) is 4.98 Å². The number of carbonyl (C=O) groups is 1. The summed E-state index contributed by atoms with van der Waals surface area (Å²) in [5.41, 5.74) is 1.33. The number of aryl methyl sites for hydroxylation is 1. The number of aromatic nitrogens is 1. The van der Waals surface area contributed by atoms with Crippen molar-refractivity contribution in [3.05, 3.63) is 23.5 Å². The number of hydrogen-bond acceptors (Lipinski definition) is 3. The molecule has 2 heterocycles. The van der Waals surface area contributed by atoms with Gasteiger partial charge in [-0.25, -0.2) is 4.98 Å². The summed E-state index contributed by atoms with van der Waals surface area (Å²) in [5.74, 6) is 0.587. The topological polar surface area (TPSA) is 39.2 Å². The summed E-state index contributed by atoms with van der Waals surface area (Å²) in [5, 5.41) is 0. The number of ketones is 1. The van der Waals surface area contributed by atoms with Crippen LogP contribution < -0.4 is 4.74 Å². The Morgan fingerprint density at radius 1 is 1.55 bits per heavy atom. The van der Waals surface area contributed by atoms with Gasteiger partial charge in [-0.15, -0.1) is 0 Å². The van der Waals surface area contributed by atoms with Gasteiger partial charge in [0.25, 0.3) is 0 Å². The Balaban J connectivity index is 2.60. The van der Waals surface area contributed by atoms with E-state index in [9.17, 15) is 4.79 Å². The average molecular weight is 149 g/mol. The van der Waals surface area contributed by atoms with Crippen LogP contribution in [-0.2, 0) is 0 Å². The lowest BCUT2D eigenvalue weighted by Crippen LogP contribution is -2.00. The highest BCUT2D eigenvalue weighted by molar-refractivity contribution is 6.00. The number of carbonyl (C=O) groups excluding carboxylic acids is 1. The third kappa shape index (κ3) is 0.888. The molecule has 0 N–H and O–H groups in total. The lowest BCUT2D eigenvalue weighted by atomic mass is 10.2. The Kier molecular flexibility index (Phi) is 1.18. The molecule has 1 aromatic heterocycles. The van der Waals surface area contributed by atoms with Crippen LogP contribution >= 0.6 is 0 Å². The summed E-state index contributed by atoms with van der Waals surface area (Å²) >= 11 is 0. The molecule has 0 aromatic carbocycles. The molecule has 0 bridgehead atoms. The Morgan fingerprint density at radius 2 is 2.36 bits per heavy atom. The smallest absolute Gasteiger partial charge is 0.222 e. The maximum atomic E-state index is 11.0. The second-order valence-electron chi connectivity index (χ2n) is 2.51. The SMILES string of the molecule is Cc1ccc2c(n1)C(=O)CO2. The number of fused-ring (bicyclic) bond motifs is 1. The molecule has 0 saturated heterocycles. The maximum Gasteiger partial charge on any atom is 0.222 e. The number of nitrogens with zero attached hydrogens (tertiary/aromatic N) is 1. The number of pyridine rings is 1. The molecule has 0 saturated carbocycles. The van der Waals surface area contributed by atoms with Crippen LogP contribution in [0.2, 0.25) is 0 Å². The predicted octanol–water partition coefficient (Wildman–Crippen LogP) is 0.965. The fourth-order valence-corrected chi connectivity index (χ4v) is 1.07.